The second-order valence-electron chi connectivity index (χ2n) is 0.100. The van der Waals surface area contributed by atoms with Crippen molar-refractivity contribution in [3.8, 4) is 6.26 Å². The van der Waals surface area contributed by atoms with Gasteiger partial charge in [0.2, 0.25) is 0 Å². The molecule has 0 heterocycles. The van der Waals surface area contributed by atoms with E-state index in [9.17, 15) is 0 Å². The molecule has 0 amide bonds. The number of nitriles is 1. The van der Waals surface area contributed by atoms with Gasteiger partial charge in [-0.05, 0) is 0 Å². The summed E-state index contributed by atoms with van der Waals surface area (Å²) in [5.74, 6) is 0. The van der Waals surface area contributed by atoms with Gasteiger partial charge in [0.25, 0.3) is 6.26 Å². The molecule has 0 saturated heterocycles. The van der Waals surface area contributed by atoms with E-state index in [0.717, 1.165) is 6.26 Å². The molecule has 18 valence electrons. The van der Waals surface area contributed by atoms with Crippen molar-refractivity contribution in [1.82, 2.24) is 0 Å². The van der Waals surface area contributed by atoms with Crippen LogP contribution in [0, 0.1) is 11.5 Å². The van der Waals surface area contributed by atoms with Crippen molar-refractivity contribution in [3.63, 3.8) is 0 Å². The summed E-state index contributed by atoms with van der Waals surface area (Å²) >= 11 is 0. The first-order chi connectivity index (χ1) is 1.41. The second-order valence-corrected chi connectivity index (χ2v) is 0.100. The molecule has 3 heteroatoms. The van der Waals surface area contributed by atoms with Crippen LogP contribution >= 0.6 is 0 Å². The average molecular weight is 51.0 g/mol. The molecule has 0 radical (unpaired) electrons. The molecule has 0 aromatic rings. The second kappa shape index (κ2) is 13.1. The third-order valence-electron chi connectivity index (χ3n) is 0. The van der Waals surface area contributed by atoms with E-state index in [1.54, 1.807) is 0 Å². The zero-order valence-electron chi connectivity index (χ0n) is 1.39. The van der Waals surface area contributed by atoms with E-state index < -0.39 is 0 Å². The summed E-state index contributed by atoms with van der Waals surface area (Å²) in [5, 5.41) is 13.8. The van der Waals surface area contributed by atoms with Gasteiger partial charge in [-0.1, -0.05) is 0 Å². The van der Waals surface area contributed by atoms with E-state index in [1.165, 1.54) is 0 Å². The zero-order chi connectivity index (χ0) is 2.71. The molecule has 0 atom stereocenters. The van der Waals surface area contributed by atoms with E-state index in [1.807, 2.05) is 0 Å². The van der Waals surface area contributed by atoms with Crippen molar-refractivity contribution in [1.29, 1.82) is 5.26 Å². The maximum absolute atomic E-state index is 6.88. The minimum absolute atomic E-state index is 0. The van der Waals surface area contributed by atoms with Crippen LogP contribution in [0.1, 0.15) is 0 Å². The predicted octanol–water partition coefficient (Wildman–Crippen LogP) is -0.809. The normalized spacial score (nSPS) is 1.75. The third kappa shape index (κ3) is 117. The van der Waals surface area contributed by atoms with Crippen LogP contribution in [0.4, 0.5) is 0 Å². The standard InChI is InChI=1S/CHNO.Li.H/c2-1-3;;/h3H;;. The molecule has 0 aliphatic heterocycles. The van der Waals surface area contributed by atoms with E-state index in [-0.39, 0.29) is 18.9 Å². The Hall–Kier alpha value is -0.113. The molecular weight excluding hydrogens is 49.0 g/mol. The van der Waals surface area contributed by atoms with Crippen LogP contribution in [0.25, 0.3) is 0 Å². The Balaban J connectivity index is 0. The molecule has 1 N–H and O–H groups in total. The van der Waals surface area contributed by atoms with Crippen LogP contribution in [-0.2, 0) is 0 Å². The molecule has 0 aromatic carbocycles. The van der Waals surface area contributed by atoms with Gasteiger partial charge in [0, 0.05) is 0 Å². The van der Waals surface area contributed by atoms with Crippen LogP contribution in [0.5, 0.6) is 0 Å². The molecule has 0 aliphatic carbocycles. The average Bonchev–Trinajstić information content (AvgIpc) is 0.918. The van der Waals surface area contributed by atoms with Crippen LogP contribution in [0.3, 0.4) is 0 Å². The monoisotopic (exact) mass is 51.0 g/mol. The van der Waals surface area contributed by atoms with Gasteiger partial charge in [-0.25, -0.2) is 0 Å². The van der Waals surface area contributed by atoms with Gasteiger partial charge in [0.15, 0.2) is 0 Å². The number of rotatable bonds is 0. The van der Waals surface area contributed by atoms with Crippen LogP contribution in [0.2, 0.25) is 0 Å². The number of nitrogens with zero attached hydrogens (tertiary/aromatic N) is 1. The summed E-state index contributed by atoms with van der Waals surface area (Å²) in [6.07, 6.45) is 0.750. The molecule has 0 spiro atoms. The van der Waals surface area contributed by atoms with Gasteiger partial charge >= 0.3 is 18.9 Å². The third-order valence-corrected chi connectivity index (χ3v) is 0. The Morgan fingerprint density at radius 3 is 1.75 bits per heavy atom. The van der Waals surface area contributed by atoms with E-state index >= 15 is 0 Å². The van der Waals surface area contributed by atoms with E-state index in [4.69, 9.17) is 10.4 Å². The SMILES string of the molecule is N#CO.[LiH]. The van der Waals surface area contributed by atoms with Crippen molar-refractivity contribution >= 4 is 18.9 Å². The summed E-state index contributed by atoms with van der Waals surface area (Å²) < 4.78 is 0. The minimum atomic E-state index is 0. The van der Waals surface area contributed by atoms with Crippen LogP contribution in [-0.4, -0.2) is 24.0 Å². The molecule has 0 fully saturated rings. The fourth-order valence-corrected chi connectivity index (χ4v) is 0. The van der Waals surface area contributed by atoms with Crippen LogP contribution in [0.15, 0.2) is 0 Å². The Kier molecular flexibility index (Phi) is 29.7. The van der Waals surface area contributed by atoms with Crippen molar-refractivity contribution in [2.45, 2.75) is 0 Å². The molecule has 0 saturated carbocycles. The van der Waals surface area contributed by atoms with E-state index in [2.05, 4.69) is 0 Å². The molecule has 4 heavy (non-hydrogen) atoms. The summed E-state index contributed by atoms with van der Waals surface area (Å²) in [7, 11) is 0. The summed E-state index contributed by atoms with van der Waals surface area (Å²) in [5.41, 5.74) is 0. The Labute approximate surface area is 36.2 Å². The van der Waals surface area contributed by atoms with Crippen molar-refractivity contribution in [2.24, 2.45) is 0 Å². The molecule has 0 bridgehead atoms. The first-order valence-corrected chi connectivity index (χ1v) is 0.447. The Morgan fingerprint density at radius 2 is 1.75 bits per heavy atom. The molecular formula is CH2LiNO. The van der Waals surface area contributed by atoms with Crippen molar-refractivity contribution in [3.05, 3.63) is 0 Å². The summed E-state index contributed by atoms with van der Waals surface area (Å²) in [4.78, 5) is 0. The molecule has 0 rings (SSSR count). The van der Waals surface area contributed by atoms with Gasteiger partial charge in [0.05, 0.1) is 0 Å². The van der Waals surface area contributed by atoms with Gasteiger partial charge in [-0.2, -0.15) is 5.26 Å². The fourth-order valence-electron chi connectivity index (χ4n) is 0. The van der Waals surface area contributed by atoms with E-state index in [0.29, 0.717) is 0 Å². The maximum atomic E-state index is 6.88. The quantitative estimate of drug-likeness (QED) is 0.289. The van der Waals surface area contributed by atoms with Gasteiger partial charge in [-0.3, -0.25) is 0 Å². The van der Waals surface area contributed by atoms with Gasteiger partial charge < -0.3 is 5.11 Å². The predicted molar refractivity (Wildman–Crippen MR) is 14.7 cm³/mol. The van der Waals surface area contributed by atoms with Crippen molar-refractivity contribution in [2.75, 3.05) is 0 Å². The topological polar surface area (TPSA) is 44.0 Å². The molecule has 0 aromatic heterocycles. The zero-order valence-corrected chi connectivity index (χ0v) is 1.39. The van der Waals surface area contributed by atoms with Gasteiger partial charge in [-0.15, -0.1) is 0 Å². The first-order valence-electron chi connectivity index (χ1n) is 0.447. The molecule has 0 aliphatic rings. The van der Waals surface area contributed by atoms with Gasteiger partial charge in [0.1, 0.15) is 0 Å². The summed E-state index contributed by atoms with van der Waals surface area (Å²) in [6, 6.07) is 0. The number of hydrogen-bond donors (Lipinski definition) is 1. The van der Waals surface area contributed by atoms with Crippen LogP contribution < -0.4 is 0 Å². The Morgan fingerprint density at radius 1 is 1.75 bits per heavy atom. The molecule has 2 nitrogen and oxygen atoms in total. The number of hydrogen-bond acceptors (Lipinski definition) is 2. The first kappa shape index (κ1) is 9.10. The summed E-state index contributed by atoms with van der Waals surface area (Å²) in [6.45, 7) is 0. The van der Waals surface area contributed by atoms with Crippen molar-refractivity contribution < 1.29 is 5.11 Å². The fraction of sp³-hybridized carbons (Fsp3) is 0. The molecule has 0 unspecified atom stereocenters. The Bertz CT molecular complexity index is 29.5. The number of aliphatic hydroxyl groups is 1. The number of aliphatic hydroxyl groups excluding tert-OH is 1.